The molecule has 1 atom stereocenters. The van der Waals surface area contributed by atoms with Crippen LogP contribution < -0.4 is 10.5 Å². The van der Waals surface area contributed by atoms with E-state index >= 15 is 0 Å². The maximum absolute atomic E-state index is 5.76. The summed E-state index contributed by atoms with van der Waals surface area (Å²) in [7, 11) is 0. The Morgan fingerprint density at radius 3 is 2.86 bits per heavy atom. The van der Waals surface area contributed by atoms with Gasteiger partial charge in [-0.1, -0.05) is 19.1 Å². The van der Waals surface area contributed by atoms with E-state index in [0.717, 1.165) is 57.1 Å². The van der Waals surface area contributed by atoms with Gasteiger partial charge in [0.25, 0.3) is 0 Å². The Labute approximate surface area is 132 Å². The largest absolute Gasteiger partial charge is 0.494 e. The number of hydrogen-bond acceptors (Lipinski definition) is 4. The summed E-state index contributed by atoms with van der Waals surface area (Å²) in [5.41, 5.74) is 6.44. The van der Waals surface area contributed by atoms with Gasteiger partial charge in [0.2, 0.25) is 0 Å². The van der Waals surface area contributed by atoms with E-state index < -0.39 is 0 Å². The van der Waals surface area contributed by atoms with Gasteiger partial charge >= 0.3 is 0 Å². The first-order chi connectivity index (χ1) is 10.2. The molecule has 5 heteroatoms. The molecule has 0 bridgehead atoms. The molecule has 0 aromatic heterocycles. The third-order valence-corrected chi connectivity index (χ3v) is 4.05. The fourth-order valence-electron chi connectivity index (χ4n) is 2.53. The van der Waals surface area contributed by atoms with Crippen LogP contribution >= 0.6 is 12.2 Å². The average molecular weight is 308 g/mol. The Hall–Kier alpha value is -1.17. The maximum Gasteiger partial charge on any atom is 0.119 e. The van der Waals surface area contributed by atoms with Crippen molar-refractivity contribution in [2.24, 2.45) is 5.73 Å². The number of benzene rings is 1. The molecule has 2 N–H and O–H groups in total. The molecule has 21 heavy (non-hydrogen) atoms. The van der Waals surface area contributed by atoms with E-state index in [2.05, 4.69) is 11.8 Å². The van der Waals surface area contributed by atoms with Gasteiger partial charge in [-0.05, 0) is 37.1 Å². The number of nitrogens with two attached hydrogens (primary N) is 1. The summed E-state index contributed by atoms with van der Waals surface area (Å²) < 4.78 is 11.3. The van der Waals surface area contributed by atoms with Crippen LogP contribution in [0.2, 0.25) is 0 Å². The first kappa shape index (κ1) is 16.2. The van der Waals surface area contributed by atoms with Crippen LogP contribution in [0.1, 0.15) is 25.3 Å². The highest BCUT2D eigenvalue weighted by atomic mass is 32.1. The predicted molar refractivity (Wildman–Crippen MR) is 88.9 cm³/mol. The lowest BCUT2D eigenvalue weighted by Gasteiger charge is -2.34. The molecule has 1 aliphatic rings. The molecule has 1 heterocycles. The van der Waals surface area contributed by atoms with E-state index in [-0.39, 0.29) is 0 Å². The SMILES string of the molecule is CCC1COCCN1CCCOc1ccc(C(N)=S)cc1. The van der Waals surface area contributed by atoms with E-state index in [9.17, 15) is 0 Å². The van der Waals surface area contributed by atoms with E-state index in [1.165, 1.54) is 0 Å². The van der Waals surface area contributed by atoms with E-state index in [1.807, 2.05) is 24.3 Å². The summed E-state index contributed by atoms with van der Waals surface area (Å²) in [5.74, 6) is 0.865. The van der Waals surface area contributed by atoms with Crippen molar-refractivity contribution in [1.82, 2.24) is 4.90 Å². The second-order valence-corrected chi connectivity index (χ2v) is 5.70. The van der Waals surface area contributed by atoms with Crippen LogP contribution in [0.3, 0.4) is 0 Å². The first-order valence-corrected chi connectivity index (χ1v) is 7.96. The molecular formula is C16H24N2O2S. The minimum Gasteiger partial charge on any atom is -0.494 e. The lowest BCUT2D eigenvalue weighted by Crippen LogP contribution is -2.45. The molecule has 1 saturated heterocycles. The van der Waals surface area contributed by atoms with Crippen LogP contribution in [-0.4, -0.2) is 48.8 Å². The molecule has 116 valence electrons. The second kappa shape index (κ2) is 8.32. The van der Waals surface area contributed by atoms with Gasteiger partial charge in [0.15, 0.2) is 0 Å². The van der Waals surface area contributed by atoms with E-state index in [4.69, 9.17) is 27.4 Å². The zero-order valence-corrected chi connectivity index (χ0v) is 13.4. The van der Waals surface area contributed by atoms with Crippen molar-refractivity contribution >= 4 is 17.2 Å². The minimum atomic E-state index is 0.416. The molecule has 0 saturated carbocycles. The number of ether oxygens (including phenoxy) is 2. The van der Waals surface area contributed by atoms with E-state index in [1.54, 1.807) is 0 Å². The van der Waals surface area contributed by atoms with Gasteiger partial charge in [-0.15, -0.1) is 0 Å². The number of rotatable bonds is 7. The van der Waals surface area contributed by atoms with Crippen molar-refractivity contribution < 1.29 is 9.47 Å². The summed E-state index contributed by atoms with van der Waals surface area (Å²) in [6.45, 7) is 6.73. The third-order valence-electron chi connectivity index (χ3n) is 3.82. The molecule has 0 radical (unpaired) electrons. The Balaban J connectivity index is 1.70. The third kappa shape index (κ3) is 4.95. The molecule has 1 aromatic rings. The molecule has 0 amide bonds. The highest BCUT2D eigenvalue weighted by Gasteiger charge is 2.20. The van der Waals surface area contributed by atoms with Gasteiger partial charge in [0.1, 0.15) is 10.7 Å². The van der Waals surface area contributed by atoms with Crippen LogP contribution in [0.5, 0.6) is 5.75 Å². The summed E-state index contributed by atoms with van der Waals surface area (Å²) >= 11 is 4.93. The normalized spacial score (nSPS) is 19.4. The van der Waals surface area contributed by atoms with Crippen molar-refractivity contribution in [3.63, 3.8) is 0 Å². The molecule has 2 rings (SSSR count). The van der Waals surface area contributed by atoms with E-state index in [0.29, 0.717) is 11.0 Å². The smallest absolute Gasteiger partial charge is 0.119 e. The molecule has 1 aromatic carbocycles. The first-order valence-electron chi connectivity index (χ1n) is 7.55. The van der Waals surface area contributed by atoms with Gasteiger partial charge in [0, 0.05) is 24.7 Å². The number of thiocarbonyl (C=S) groups is 1. The molecule has 0 spiro atoms. The lowest BCUT2D eigenvalue weighted by atomic mass is 10.1. The number of nitrogens with zero attached hydrogens (tertiary/aromatic N) is 1. The number of morpholine rings is 1. The highest BCUT2D eigenvalue weighted by Crippen LogP contribution is 2.14. The Bertz CT molecular complexity index is 450. The van der Waals surface area contributed by atoms with Gasteiger partial charge in [-0.2, -0.15) is 0 Å². The standard InChI is InChI=1S/C16H24N2O2S/c1-2-14-12-19-11-9-18(14)8-3-10-20-15-6-4-13(5-7-15)16(17)21/h4-7,14H,2-3,8-12H2,1H3,(H2,17,21). The topological polar surface area (TPSA) is 47.7 Å². The van der Waals surface area contributed by atoms with Crippen molar-refractivity contribution in [2.75, 3.05) is 32.9 Å². The van der Waals surface area contributed by atoms with Crippen molar-refractivity contribution in [3.8, 4) is 5.75 Å². The molecule has 4 nitrogen and oxygen atoms in total. The van der Waals surface area contributed by atoms with Gasteiger partial charge < -0.3 is 15.2 Å². The van der Waals surface area contributed by atoms with Crippen LogP contribution in [-0.2, 0) is 4.74 Å². The van der Waals surface area contributed by atoms with Gasteiger partial charge in [0.05, 0.1) is 19.8 Å². The lowest BCUT2D eigenvalue weighted by molar-refractivity contribution is -0.0102. The van der Waals surface area contributed by atoms with Crippen molar-refractivity contribution in [3.05, 3.63) is 29.8 Å². The number of hydrogen-bond donors (Lipinski definition) is 1. The zero-order valence-electron chi connectivity index (χ0n) is 12.6. The Morgan fingerprint density at radius 1 is 1.43 bits per heavy atom. The van der Waals surface area contributed by atoms with Crippen LogP contribution in [0, 0.1) is 0 Å². The fourth-order valence-corrected chi connectivity index (χ4v) is 2.67. The maximum atomic E-state index is 5.76. The Kier molecular flexibility index (Phi) is 6.42. The minimum absolute atomic E-state index is 0.416. The highest BCUT2D eigenvalue weighted by molar-refractivity contribution is 7.80. The molecule has 0 aliphatic carbocycles. The molecule has 1 aliphatic heterocycles. The van der Waals surface area contributed by atoms with Crippen molar-refractivity contribution in [1.29, 1.82) is 0 Å². The zero-order chi connectivity index (χ0) is 15.1. The fraction of sp³-hybridized carbons (Fsp3) is 0.562. The molecular weight excluding hydrogens is 284 g/mol. The summed E-state index contributed by atoms with van der Waals surface area (Å²) in [6, 6.07) is 8.18. The average Bonchev–Trinajstić information content (AvgIpc) is 2.52. The summed E-state index contributed by atoms with van der Waals surface area (Å²) in [4.78, 5) is 2.92. The second-order valence-electron chi connectivity index (χ2n) is 5.26. The summed E-state index contributed by atoms with van der Waals surface area (Å²) in [6.07, 6.45) is 2.16. The Morgan fingerprint density at radius 2 is 2.19 bits per heavy atom. The van der Waals surface area contributed by atoms with Crippen LogP contribution in [0.4, 0.5) is 0 Å². The summed E-state index contributed by atoms with van der Waals surface area (Å²) in [5, 5.41) is 0. The van der Waals surface area contributed by atoms with Gasteiger partial charge in [-0.25, -0.2) is 0 Å². The predicted octanol–water partition coefficient (Wildman–Crippen LogP) is 2.20. The van der Waals surface area contributed by atoms with Crippen LogP contribution in [0.15, 0.2) is 24.3 Å². The van der Waals surface area contributed by atoms with Crippen LogP contribution in [0.25, 0.3) is 0 Å². The van der Waals surface area contributed by atoms with Crippen molar-refractivity contribution in [2.45, 2.75) is 25.8 Å². The quantitative estimate of drug-likeness (QED) is 0.618. The van der Waals surface area contributed by atoms with Gasteiger partial charge in [-0.3, -0.25) is 4.90 Å². The monoisotopic (exact) mass is 308 g/mol. The molecule has 1 unspecified atom stereocenters. The molecule has 1 fully saturated rings.